The molecular formula is C29H34N2O3. The predicted octanol–water partition coefficient (Wildman–Crippen LogP) is 4.93. The number of hydrogen-bond acceptors (Lipinski definition) is 3. The van der Waals surface area contributed by atoms with E-state index in [0.29, 0.717) is 18.7 Å². The maximum Gasteiger partial charge on any atom is 0.261 e. The zero-order valence-corrected chi connectivity index (χ0v) is 20.2. The molecule has 1 N–H and O–H groups in total. The summed E-state index contributed by atoms with van der Waals surface area (Å²) >= 11 is 0. The van der Waals surface area contributed by atoms with E-state index < -0.39 is 6.04 Å². The van der Waals surface area contributed by atoms with Crippen LogP contribution in [0.15, 0.2) is 84.9 Å². The molecule has 3 rings (SSSR count). The Balaban J connectivity index is 1.89. The van der Waals surface area contributed by atoms with Crippen LogP contribution in [0.3, 0.4) is 0 Å². The summed E-state index contributed by atoms with van der Waals surface area (Å²) in [5.74, 6) is 0.250. The second-order valence-electron chi connectivity index (χ2n) is 8.64. The maximum absolute atomic E-state index is 13.5. The van der Waals surface area contributed by atoms with Gasteiger partial charge in [-0.15, -0.1) is 0 Å². The molecule has 0 radical (unpaired) electrons. The first-order chi connectivity index (χ1) is 16.5. The van der Waals surface area contributed by atoms with Gasteiger partial charge in [0.15, 0.2) is 6.61 Å². The molecule has 5 nitrogen and oxygen atoms in total. The van der Waals surface area contributed by atoms with Crippen LogP contribution in [0, 0.1) is 6.92 Å². The second-order valence-corrected chi connectivity index (χ2v) is 8.64. The molecule has 0 spiro atoms. The number of amides is 2. The molecule has 0 aliphatic carbocycles. The lowest BCUT2D eigenvalue weighted by Crippen LogP contribution is -2.53. The van der Waals surface area contributed by atoms with Crippen LogP contribution in [-0.4, -0.2) is 35.4 Å². The monoisotopic (exact) mass is 458 g/mol. The molecule has 0 aliphatic rings. The van der Waals surface area contributed by atoms with Crippen LogP contribution in [0.25, 0.3) is 0 Å². The van der Waals surface area contributed by atoms with Crippen LogP contribution >= 0.6 is 0 Å². The van der Waals surface area contributed by atoms with Crippen molar-refractivity contribution in [2.75, 3.05) is 6.61 Å². The molecular weight excluding hydrogens is 424 g/mol. The fourth-order valence-corrected chi connectivity index (χ4v) is 3.71. The Kier molecular flexibility index (Phi) is 9.27. The Labute approximate surface area is 202 Å². The summed E-state index contributed by atoms with van der Waals surface area (Å²) in [7, 11) is 0. The molecule has 178 valence electrons. The van der Waals surface area contributed by atoms with Gasteiger partial charge in [-0.2, -0.15) is 0 Å². The number of aryl methyl sites for hydroxylation is 1. The van der Waals surface area contributed by atoms with Crippen LogP contribution in [0.2, 0.25) is 0 Å². The number of hydrogen-bond donors (Lipinski definition) is 1. The van der Waals surface area contributed by atoms with Crippen molar-refractivity contribution in [1.29, 1.82) is 0 Å². The molecule has 0 bridgehead atoms. The van der Waals surface area contributed by atoms with Crippen molar-refractivity contribution >= 4 is 11.8 Å². The molecule has 0 heterocycles. The minimum Gasteiger partial charge on any atom is -0.484 e. The maximum atomic E-state index is 13.5. The summed E-state index contributed by atoms with van der Waals surface area (Å²) in [6.45, 7) is 6.16. The highest BCUT2D eigenvalue weighted by Crippen LogP contribution is 2.17. The van der Waals surface area contributed by atoms with Crippen LogP contribution in [-0.2, 0) is 22.6 Å². The third kappa shape index (κ3) is 7.48. The average molecular weight is 459 g/mol. The fraction of sp³-hybridized carbons (Fsp3) is 0.310. The summed E-state index contributed by atoms with van der Waals surface area (Å²) < 4.78 is 5.83. The van der Waals surface area contributed by atoms with E-state index in [4.69, 9.17) is 4.74 Å². The lowest BCUT2D eigenvalue weighted by molar-refractivity contribution is -0.143. The molecule has 3 aromatic rings. The molecule has 0 aliphatic heterocycles. The van der Waals surface area contributed by atoms with Crippen LogP contribution in [0.1, 0.15) is 37.0 Å². The van der Waals surface area contributed by atoms with Gasteiger partial charge < -0.3 is 15.0 Å². The van der Waals surface area contributed by atoms with E-state index in [1.54, 1.807) is 4.90 Å². The fourth-order valence-electron chi connectivity index (χ4n) is 3.71. The molecule has 0 unspecified atom stereocenters. The highest BCUT2D eigenvalue weighted by atomic mass is 16.5. The smallest absolute Gasteiger partial charge is 0.261 e. The normalized spacial score (nSPS) is 12.4. The zero-order valence-electron chi connectivity index (χ0n) is 20.2. The largest absolute Gasteiger partial charge is 0.484 e. The topological polar surface area (TPSA) is 58.6 Å². The van der Waals surface area contributed by atoms with Crippen LogP contribution in [0.4, 0.5) is 0 Å². The Bertz CT molecular complexity index is 1050. The third-order valence-electron chi connectivity index (χ3n) is 5.82. The molecule has 0 aromatic heterocycles. The highest BCUT2D eigenvalue weighted by Gasteiger charge is 2.31. The number of ether oxygens (including phenoxy) is 1. The van der Waals surface area contributed by atoms with Gasteiger partial charge in [-0.3, -0.25) is 9.59 Å². The van der Waals surface area contributed by atoms with E-state index in [2.05, 4.69) is 5.32 Å². The van der Waals surface area contributed by atoms with Gasteiger partial charge in [0.1, 0.15) is 11.8 Å². The molecule has 3 aromatic carbocycles. The summed E-state index contributed by atoms with van der Waals surface area (Å²) in [4.78, 5) is 28.6. The van der Waals surface area contributed by atoms with E-state index in [9.17, 15) is 9.59 Å². The van der Waals surface area contributed by atoms with Crippen molar-refractivity contribution in [3.05, 3.63) is 102 Å². The van der Waals surface area contributed by atoms with E-state index in [0.717, 1.165) is 23.1 Å². The molecule has 0 fully saturated rings. The third-order valence-corrected chi connectivity index (χ3v) is 5.82. The van der Waals surface area contributed by atoms with Gasteiger partial charge in [0.25, 0.3) is 5.91 Å². The van der Waals surface area contributed by atoms with Crippen molar-refractivity contribution < 1.29 is 14.3 Å². The molecule has 0 saturated heterocycles. The van der Waals surface area contributed by atoms with Crippen molar-refractivity contribution in [1.82, 2.24) is 10.2 Å². The molecule has 5 heteroatoms. The van der Waals surface area contributed by atoms with Crippen LogP contribution < -0.4 is 10.1 Å². The zero-order chi connectivity index (χ0) is 24.3. The summed E-state index contributed by atoms with van der Waals surface area (Å²) in [6.07, 6.45) is 1.24. The van der Waals surface area contributed by atoms with E-state index in [1.807, 2.05) is 106 Å². The Morgan fingerprint density at radius 1 is 0.912 bits per heavy atom. The average Bonchev–Trinajstić information content (AvgIpc) is 2.85. The van der Waals surface area contributed by atoms with Gasteiger partial charge in [-0.1, -0.05) is 79.7 Å². The van der Waals surface area contributed by atoms with E-state index in [1.165, 1.54) is 0 Å². The number of nitrogens with one attached hydrogen (secondary N) is 1. The SMILES string of the molecule is CC[C@@H](C)NC(=O)[C@@H](Cc1ccccc1)N(Cc1ccccc1)C(=O)COc1cccc(C)c1. The number of benzene rings is 3. The Hall–Kier alpha value is -3.60. The first-order valence-electron chi connectivity index (χ1n) is 11.8. The lowest BCUT2D eigenvalue weighted by Gasteiger charge is -2.32. The standard InChI is InChI=1S/C29H34N2O3/c1-4-23(3)30-29(33)27(19-24-13-7-5-8-14-24)31(20-25-15-9-6-10-16-25)28(32)21-34-26-17-11-12-22(2)18-26/h5-18,23,27H,4,19-21H2,1-3H3,(H,30,33)/t23-,27-/m1/s1. The van der Waals surface area contributed by atoms with Crippen LogP contribution in [0.5, 0.6) is 5.75 Å². The number of rotatable bonds is 11. The molecule has 0 saturated carbocycles. The lowest BCUT2D eigenvalue weighted by atomic mass is 10.0. The van der Waals surface area contributed by atoms with Crippen molar-refractivity contribution in [2.24, 2.45) is 0 Å². The quantitative estimate of drug-likeness (QED) is 0.443. The van der Waals surface area contributed by atoms with E-state index in [-0.39, 0.29) is 24.5 Å². The van der Waals surface area contributed by atoms with Crippen molar-refractivity contribution in [2.45, 2.75) is 52.2 Å². The van der Waals surface area contributed by atoms with Crippen molar-refractivity contribution in [3.8, 4) is 5.75 Å². The number of carbonyl (C=O) groups excluding carboxylic acids is 2. The first kappa shape index (κ1) is 25.0. The molecule has 2 atom stereocenters. The predicted molar refractivity (Wildman–Crippen MR) is 135 cm³/mol. The minimum atomic E-state index is -0.662. The first-order valence-corrected chi connectivity index (χ1v) is 11.8. The summed E-state index contributed by atoms with van der Waals surface area (Å²) in [6, 6.07) is 26.5. The van der Waals surface area contributed by atoms with E-state index >= 15 is 0 Å². The summed E-state index contributed by atoms with van der Waals surface area (Å²) in [5, 5.41) is 3.08. The van der Waals surface area contributed by atoms with Gasteiger partial charge in [0.2, 0.25) is 5.91 Å². The number of nitrogens with zero attached hydrogens (tertiary/aromatic N) is 1. The van der Waals surface area contributed by atoms with Gasteiger partial charge in [-0.05, 0) is 49.1 Å². The van der Waals surface area contributed by atoms with Gasteiger partial charge >= 0.3 is 0 Å². The second kappa shape index (κ2) is 12.6. The molecule has 34 heavy (non-hydrogen) atoms. The van der Waals surface area contributed by atoms with Crippen molar-refractivity contribution in [3.63, 3.8) is 0 Å². The number of carbonyl (C=O) groups is 2. The Morgan fingerprint density at radius 2 is 1.56 bits per heavy atom. The van der Waals surface area contributed by atoms with Gasteiger partial charge in [0.05, 0.1) is 0 Å². The van der Waals surface area contributed by atoms with Gasteiger partial charge in [0, 0.05) is 19.0 Å². The Morgan fingerprint density at radius 3 is 2.18 bits per heavy atom. The minimum absolute atomic E-state index is 0.0167. The van der Waals surface area contributed by atoms with Gasteiger partial charge in [-0.25, -0.2) is 0 Å². The summed E-state index contributed by atoms with van der Waals surface area (Å²) in [5.41, 5.74) is 3.01. The highest BCUT2D eigenvalue weighted by molar-refractivity contribution is 5.88. The molecule has 2 amide bonds.